The Morgan fingerprint density at radius 1 is 1.00 bits per heavy atom. The molecule has 1 unspecified atom stereocenters. The van der Waals surface area contributed by atoms with Crippen LogP contribution in [0.3, 0.4) is 0 Å². The van der Waals surface area contributed by atoms with Crippen LogP contribution in [0.15, 0.2) is 78.9 Å². The molecule has 3 aromatic carbocycles. The highest BCUT2D eigenvalue weighted by Gasteiger charge is 2.21. The minimum atomic E-state index is -0.0785. The number of aromatic nitrogens is 1. The molecule has 1 aliphatic heterocycles. The molecule has 2 N–H and O–H groups in total. The molecule has 0 saturated carbocycles. The van der Waals surface area contributed by atoms with Crippen LogP contribution in [0.4, 0.5) is 9.93 Å². The highest BCUT2D eigenvalue weighted by Crippen LogP contribution is 2.29. The largest absolute Gasteiger partial charge is 0.323 e. The quantitative estimate of drug-likeness (QED) is 0.307. The van der Waals surface area contributed by atoms with Crippen LogP contribution in [0.1, 0.15) is 29.0 Å². The zero-order valence-corrected chi connectivity index (χ0v) is 22.2. The van der Waals surface area contributed by atoms with Gasteiger partial charge in [0.05, 0.1) is 10.2 Å². The first-order valence-electron chi connectivity index (χ1n) is 13.1. The van der Waals surface area contributed by atoms with Crippen molar-refractivity contribution >= 4 is 32.7 Å². The number of carbonyl (C=O) groups excluding carboxylic acids is 1. The third-order valence-corrected chi connectivity index (χ3v) is 7.98. The van der Waals surface area contributed by atoms with Crippen molar-refractivity contribution in [2.24, 2.45) is 0 Å². The van der Waals surface area contributed by atoms with Gasteiger partial charge in [-0.1, -0.05) is 83.6 Å². The molecule has 7 heteroatoms. The molecule has 0 bridgehead atoms. The van der Waals surface area contributed by atoms with Gasteiger partial charge in [0.25, 0.3) is 0 Å². The van der Waals surface area contributed by atoms with E-state index in [1.54, 1.807) is 0 Å². The number of urea groups is 1. The van der Waals surface area contributed by atoms with Crippen molar-refractivity contribution in [3.05, 3.63) is 95.6 Å². The molecule has 192 valence electrons. The summed E-state index contributed by atoms with van der Waals surface area (Å²) >= 11 is 1.52. The highest BCUT2D eigenvalue weighted by atomic mass is 32.1. The van der Waals surface area contributed by atoms with Gasteiger partial charge in [-0.15, -0.1) is 0 Å². The number of aryl methyl sites for hydroxylation is 1. The molecule has 0 radical (unpaired) electrons. The Bertz CT molecular complexity index is 1270. The van der Waals surface area contributed by atoms with Gasteiger partial charge in [0, 0.05) is 51.7 Å². The van der Waals surface area contributed by atoms with Crippen molar-refractivity contribution in [1.29, 1.82) is 0 Å². The molecular weight excluding hydrogens is 478 g/mol. The molecule has 0 spiro atoms. The molecule has 1 atom stereocenters. The van der Waals surface area contributed by atoms with Gasteiger partial charge in [-0.25, -0.2) is 9.78 Å². The summed E-state index contributed by atoms with van der Waals surface area (Å²) < 4.78 is 1.08. The number of rotatable bonds is 9. The lowest BCUT2D eigenvalue weighted by molar-refractivity contribution is 0.184. The molecule has 6 nitrogen and oxygen atoms in total. The molecule has 1 aromatic heterocycles. The van der Waals surface area contributed by atoms with Crippen LogP contribution in [0.2, 0.25) is 0 Å². The fourth-order valence-electron chi connectivity index (χ4n) is 4.99. The Balaban J connectivity index is 1.33. The van der Waals surface area contributed by atoms with Crippen molar-refractivity contribution < 1.29 is 4.79 Å². The third-order valence-electron chi connectivity index (χ3n) is 7.02. The van der Waals surface area contributed by atoms with E-state index in [4.69, 9.17) is 0 Å². The molecule has 1 fully saturated rings. The van der Waals surface area contributed by atoms with Gasteiger partial charge >= 0.3 is 6.03 Å². The third kappa shape index (κ3) is 6.74. The van der Waals surface area contributed by atoms with E-state index in [-0.39, 0.29) is 11.9 Å². The van der Waals surface area contributed by atoms with Crippen LogP contribution in [-0.4, -0.2) is 66.6 Å². The number of piperazine rings is 1. The molecule has 1 saturated heterocycles. The van der Waals surface area contributed by atoms with Crippen LogP contribution >= 0.6 is 11.3 Å². The Kier molecular flexibility index (Phi) is 8.46. The first kappa shape index (κ1) is 25.4. The molecule has 2 amide bonds. The summed E-state index contributed by atoms with van der Waals surface area (Å²) in [5.74, 6) is 0.220. The maximum Gasteiger partial charge on any atom is 0.323 e. The normalized spacial score (nSPS) is 14.9. The number of thiazole rings is 1. The Hall–Kier alpha value is -3.26. The van der Waals surface area contributed by atoms with Crippen molar-refractivity contribution in [2.45, 2.75) is 19.3 Å². The average molecular weight is 514 g/mol. The summed E-state index contributed by atoms with van der Waals surface area (Å²) in [5.41, 5.74) is 4.74. The molecular formula is C30H35N5OS. The van der Waals surface area contributed by atoms with E-state index in [1.165, 1.54) is 28.0 Å². The smallest absolute Gasteiger partial charge is 0.323 e. The maximum atomic E-state index is 13.6. The van der Waals surface area contributed by atoms with Crippen molar-refractivity contribution in [3.8, 4) is 0 Å². The first-order chi connectivity index (χ1) is 18.2. The number of para-hydroxylation sites is 1. The fourth-order valence-corrected chi connectivity index (χ4v) is 5.85. The van der Waals surface area contributed by atoms with E-state index in [1.807, 2.05) is 29.2 Å². The van der Waals surface area contributed by atoms with E-state index >= 15 is 0 Å². The number of anilines is 1. The maximum absolute atomic E-state index is 13.6. The van der Waals surface area contributed by atoms with Gasteiger partial charge in [-0.3, -0.25) is 10.2 Å². The zero-order chi connectivity index (χ0) is 25.5. The lowest BCUT2D eigenvalue weighted by Crippen LogP contribution is -2.47. The topological polar surface area (TPSA) is 60.5 Å². The number of benzene rings is 3. The van der Waals surface area contributed by atoms with Gasteiger partial charge in [0.2, 0.25) is 0 Å². The number of nitrogens with zero attached hydrogens (tertiary/aromatic N) is 3. The average Bonchev–Trinajstić information content (AvgIpc) is 3.34. The summed E-state index contributed by atoms with van der Waals surface area (Å²) in [7, 11) is 0. The van der Waals surface area contributed by atoms with E-state index in [0.717, 1.165) is 49.4 Å². The monoisotopic (exact) mass is 513 g/mol. The summed E-state index contributed by atoms with van der Waals surface area (Å²) in [6, 6.07) is 27.3. The molecule has 1 aliphatic rings. The molecule has 0 aliphatic carbocycles. The van der Waals surface area contributed by atoms with Crippen molar-refractivity contribution in [3.63, 3.8) is 0 Å². The second kappa shape index (κ2) is 12.3. The lowest BCUT2D eigenvalue weighted by Gasteiger charge is -2.31. The van der Waals surface area contributed by atoms with E-state index < -0.39 is 0 Å². The van der Waals surface area contributed by atoms with Crippen LogP contribution in [-0.2, 0) is 0 Å². The minimum absolute atomic E-state index is 0.0785. The van der Waals surface area contributed by atoms with E-state index in [2.05, 4.69) is 82.0 Å². The predicted octanol–water partition coefficient (Wildman–Crippen LogP) is 5.57. The zero-order valence-electron chi connectivity index (χ0n) is 21.4. The van der Waals surface area contributed by atoms with E-state index in [0.29, 0.717) is 18.2 Å². The summed E-state index contributed by atoms with van der Waals surface area (Å²) in [6.45, 7) is 8.39. The number of fused-ring (bicyclic) bond motifs is 1. The molecule has 2 heterocycles. The molecule has 4 aromatic rings. The SMILES string of the molecule is Cc1cccc(C(CCN(CCN2CCNCC2)C(=O)Nc2nc3ccccc3s2)c2ccccc2)c1. The number of hydrogen-bond acceptors (Lipinski definition) is 5. The highest BCUT2D eigenvalue weighted by molar-refractivity contribution is 7.22. The van der Waals surface area contributed by atoms with Crippen LogP contribution in [0, 0.1) is 6.92 Å². The van der Waals surface area contributed by atoms with Gasteiger partial charge in [-0.05, 0) is 36.6 Å². The molecule has 37 heavy (non-hydrogen) atoms. The van der Waals surface area contributed by atoms with Gasteiger partial charge in [0.15, 0.2) is 5.13 Å². The van der Waals surface area contributed by atoms with E-state index in [9.17, 15) is 4.79 Å². The van der Waals surface area contributed by atoms with Gasteiger partial charge in [0.1, 0.15) is 0 Å². The van der Waals surface area contributed by atoms with Gasteiger partial charge in [-0.2, -0.15) is 0 Å². The van der Waals surface area contributed by atoms with Crippen LogP contribution in [0.5, 0.6) is 0 Å². The molecule has 5 rings (SSSR count). The summed E-state index contributed by atoms with van der Waals surface area (Å²) in [5, 5.41) is 7.15. The first-order valence-corrected chi connectivity index (χ1v) is 13.9. The second-order valence-electron chi connectivity index (χ2n) is 9.66. The van der Waals surface area contributed by atoms with Crippen LogP contribution in [0.25, 0.3) is 10.2 Å². The minimum Gasteiger partial charge on any atom is -0.323 e. The Labute approximate surface area is 223 Å². The number of carbonyl (C=O) groups is 1. The summed E-state index contributed by atoms with van der Waals surface area (Å²) in [6.07, 6.45) is 0.849. The van der Waals surface area contributed by atoms with Crippen molar-refractivity contribution in [1.82, 2.24) is 20.1 Å². The Morgan fingerprint density at radius 2 is 1.76 bits per heavy atom. The number of nitrogens with one attached hydrogen (secondary N) is 2. The Morgan fingerprint density at radius 3 is 2.54 bits per heavy atom. The number of hydrogen-bond donors (Lipinski definition) is 2. The summed E-state index contributed by atoms with van der Waals surface area (Å²) in [4.78, 5) is 22.6. The number of amides is 2. The standard InChI is InChI=1S/C30H35N5OS/c1-23-8-7-11-25(22-23)26(24-9-3-2-4-10-24)14-17-35(21-20-34-18-15-31-16-19-34)30(36)33-29-32-27-12-5-6-13-28(27)37-29/h2-13,22,26,31H,14-21H2,1H3,(H,32,33,36). The fraction of sp³-hybridized carbons (Fsp3) is 0.333. The lowest BCUT2D eigenvalue weighted by atomic mass is 9.87. The second-order valence-corrected chi connectivity index (χ2v) is 10.7. The van der Waals surface area contributed by atoms with Crippen LogP contribution < -0.4 is 10.6 Å². The van der Waals surface area contributed by atoms with Crippen molar-refractivity contribution in [2.75, 3.05) is 51.1 Å². The predicted molar refractivity (Wildman–Crippen MR) is 154 cm³/mol. The van der Waals surface area contributed by atoms with Gasteiger partial charge < -0.3 is 10.2 Å².